The van der Waals surface area contributed by atoms with Gasteiger partial charge in [0.05, 0.1) is 7.11 Å². The third-order valence-corrected chi connectivity index (χ3v) is 3.12. The van der Waals surface area contributed by atoms with Crippen molar-refractivity contribution in [1.82, 2.24) is 0 Å². The summed E-state index contributed by atoms with van der Waals surface area (Å²) in [6.07, 6.45) is -7.66. The Bertz CT molecular complexity index is 584. The van der Waals surface area contributed by atoms with Gasteiger partial charge in [0.2, 0.25) is 12.4 Å². The summed E-state index contributed by atoms with van der Waals surface area (Å²) in [5.74, 6) is -4.25. The SMILES string of the molecule is COC(=O)C1O[C@@H](OC(C)=O)[C@H](OC(C)=O)[C@@H](OC(C)=O)[C@@H]1OC(C)=O. The van der Waals surface area contributed by atoms with Crippen molar-refractivity contribution in [1.29, 1.82) is 0 Å². The lowest BCUT2D eigenvalue weighted by molar-refractivity contribution is -0.294. The number of methoxy groups -OCH3 is 1. The van der Waals surface area contributed by atoms with E-state index in [2.05, 4.69) is 4.74 Å². The summed E-state index contributed by atoms with van der Waals surface area (Å²) in [4.78, 5) is 57.7. The number of esters is 5. The van der Waals surface area contributed by atoms with Crippen molar-refractivity contribution in [2.24, 2.45) is 0 Å². The lowest BCUT2D eigenvalue weighted by atomic mass is 9.97. The van der Waals surface area contributed by atoms with Gasteiger partial charge in [0, 0.05) is 27.7 Å². The second kappa shape index (κ2) is 9.13. The van der Waals surface area contributed by atoms with E-state index < -0.39 is 60.6 Å². The van der Waals surface area contributed by atoms with Gasteiger partial charge >= 0.3 is 29.8 Å². The normalized spacial score (nSPS) is 27.7. The van der Waals surface area contributed by atoms with Crippen molar-refractivity contribution in [3.05, 3.63) is 0 Å². The Labute approximate surface area is 148 Å². The summed E-state index contributed by atoms with van der Waals surface area (Å²) >= 11 is 0. The minimum Gasteiger partial charge on any atom is -0.467 e. The Morgan fingerprint density at radius 1 is 0.654 bits per heavy atom. The zero-order valence-corrected chi connectivity index (χ0v) is 14.9. The van der Waals surface area contributed by atoms with Crippen LogP contribution in [0.5, 0.6) is 0 Å². The second-order valence-electron chi connectivity index (χ2n) is 5.28. The molecule has 1 saturated heterocycles. The number of carbonyl (C=O) groups is 5. The van der Waals surface area contributed by atoms with Crippen molar-refractivity contribution in [3.8, 4) is 0 Å². The smallest absolute Gasteiger partial charge is 0.339 e. The van der Waals surface area contributed by atoms with Gasteiger partial charge in [-0.1, -0.05) is 0 Å². The Kier molecular flexibility index (Phi) is 7.50. The monoisotopic (exact) mass is 376 g/mol. The van der Waals surface area contributed by atoms with Crippen LogP contribution in [0, 0.1) is 0 Å². The third kappa shape index (κ3) is 5.69. The maximum absolute atomic E-state index is 12.0. The summed E-state index contributed by atoms with van der Waals surface area (Å²) in [5.41, 5.74) is 0. The van der Waals surface area contributed by atoms with Crippen LogP contribution in [0.4, 0.5) is 0 Å². The maximum Gasteiger partial charge on any atom is 0.339 e. The zero-order valence-electron chi connectivity index (χ0n) is 14.9. The van der Waals surface area contributed by atoms with Crippen LogP contribution < -0.4 is 0 Å². The summed E-state index contributed by atoms with van der Waals surface area (Å²) < 4.78 is 30.0. The molecule has 146 valence electrons. The van der Waals surface area contributed by atoms with Crippen molar-refractivity contribution >= 4 is 29.8 Å². The van der Waals surface area contributed by atoms with E-state index >= 15 is 0 Å². The van der Waals surface area contributed by atoms with Crippen LogP contribution in [0.1, 0.15) is 27.7 Å². The van der Waals surface area contributed by atoms with Crippen LogP contribution >= 0.6 is 0 Å². The molecule has 1 unspecified atom stereocenters. The van der Waals surface area contributed by atoms with Crippen molar-refractivity contribution in [2.45, 2.75) is 58.4 Å². The molecule has 1 rings (SSSR count). The molecule has 0 N–H and O–H groups in total. The van der Waals surface area contributed by atoms with Gasteiger partial charge in [-0.15, -0.1) is 0 Å². The lowest BCUT2D eigenvalue weighted by Gasteiger charge is -2.42. The lowest BCUT2D eigenvalue weighted by Crippen LogP contribution is -2.64. The Balaban J connectivity index is 3.37. The molecule has 0 radical (unpaired) electrons. The molecule has 1 fully saturated rings. The van der Waals surface area contributed by atoms with Crippen LogP contribution in [-0.4, -0.2) is 67.7 Å². The quantitative estimate of drug-likeness (QED) is 0.441. The predicted molar refractivity (Wildman–Crippen MR) is 79.1 cm³/mol. The second-order valence-corrected chi connectivity index (χ2v) is 5.28. The van der Waals surface area contributed by atoms with Gasteiger partial charge < -0.3 is 28.4 Å². The molecular formula is C15H20O11. The van der Waals surface area contributed by atoms with Crippen LogP contribution in [0.3, 0.4) is 0 Å². The molecule has 0 spiro atoms. The summed E-state index contributed by atoms with van der Waals surface area (Å²) in [6.45, 7) is 4.22. The van der Waals surface area contributed by atoms with E-state index in [1.54, 1.807) is 0 Å². The molecule has 0 aliphatic carbocycles. The van der Waals surface area contributed by atoms with Gasteiger partial charge in [0.1, 0.15) is 0 Å². The van der Waals surface area contributed by atoms with Gasteiger partial charge in [-0.25, -0.2) is 4.79 Å². The number of ether oxygens (including phenoxy) is 6. The largest absolute Gasteiger partial charge is 0.467 e. The molecule has 1 aliphatic heterocycles. The van der Waals surface area contributed by atoms with E-state index in [1.807, 2.05) is 0 Å². The molecule has 1 aliphatic rings. The van der Waals surface area contributed by atoms with E-state index in [0.717, 1.165) is 34.8 Å². The maximum atomic E-state index is 12.0. The van der Waals surface area contributed by atoms with Crippen molar-refractivity contribution < 1.29 is 52.4 Å². The third-order valence-electron chi connectivity index (χ3n) is 3.12. The standard InChI is InChI=1S/C15H20O11/c1-6(16)22-10-11(23-7(2)17)13(24-8(3)18)15(25-9(4)19)26-12(10)14(20)21-5/h10-13,15H,1-5H3/t10-,11-,12?,13+,15+/m0/s1. The number of hydrogen-bond acceptors (Lipinski definition) is 11. The van der Waals surface area contributed by atoms with Gasteiger partial charge in [-0.3, -0.25) is 19.2 Å². The fraction of sp³-hybridized carbons (Fsp3) is 0.667. The van der Waals surface area contributed by atoms with Gasteiger partial charge in [-0.05, 0) is 0 Å². The molecule has 0 aromatic carbocycles. The summed E-state index contributed by atoms with van der Waals surface area (Å²) in [5, 5.41) is 0. The predicted octanol–water partition coefficient (Wildman–Crippen LogP) is -0.757. The van der Waals surface area contributed by atoms with E-state index in [0.29, 0.717) is 0 Å². The Morgan fingerprint density at radius 3 is 1.50 bits per heavy atom. The molecule has 11 nitrogen and oxygen atoms in total. The average molecular weight is 376 g/mol. The molecule has 0 aromatic heterocycles. The van der Waals surface area contributed by atoms with Gasteiger partial charge in [-0.2, -0.15) is 0 Å². The summed E-state index contributed by atoms with van der Waals surface area (Å²) in [7, 11) is 1.05. The molecular weight excluding hydrogens is 356 g/mol. The molecule has 26 heavy (non-hydrogen) atoms. The molecule has 0 aromatic rings. The van der Waals surface area contributed by atoms with Crippen LogP contribution in [0.2, 0.25) is 0 Å². The van der Waals surface area contributed by atoms with E-state index in [9.17, 15) is 24.0 Å². The Hall–Kier alpha value is -2.69. The van der Waals surface area contributed by atoms with E-state index in [1.165, 1.54) is 0 Å². The first-order valence-electron chi connectivity index (χ1n) is 7.49. The number of hydrogen-bond donors (Lipinski definition) is 0. The summed E-state index contributed by atoms with van der Waals surface area (Å²) in [6, 6.07) is 0. The van der Waals surface area contributed by atoms with E-state index in [-0.39, 0.29) is 0 Å². The highest BCUT2D eigenvalue weighted by Crippen LogP contribution is 2.30. The molecule has 5 atom stereocenters. The Morgan fingerprint density at radius 2 is 1.08 bits per heavy atom. The van der Waals surface area contributed by atoms with Gasteiger partial charge in [0.15, 0.2) is 18.3 Å². The highest BCUT2D eigenvalue weighted by Gasteiger charge is 2.56. The first kappa shape index (κ1) is 21.4. The van der Waals surface area contributed by atoms with E-state index in [4.69, 9.17) is 23.7 Å². The number of rotatable bonds is 5. The highest BCUT2D eigenvalue weighted by molar-refractivity contribution is 5.77. The first-order chi connectivity index (χ1) is 12.1. The fourth-order valence-electron chi connectivity index (χ4n) is 2.34. The molecule has 0 amide bonds. The molecule has 11 heteroatoms. The van der Waals surface area contributed by atoms with Crippen LogP contribution in [-0.2, 0) is 52.4 Å². The van der Waals surface area contributed by atoms with Crippen molar-refractivity contribution in [2.75, 3.05) is 7.11 Å². The topological polar surface area (TPSA) is 141 Å². The highest BCUT2D eigenvalue weighted by atomic mass is 16.7. The number of carbonyl (C=O) groups excluding carboxylic acids is 5. The molecule has 0 bridgehead atoms. The van der Waals surface area contributed by atoms with Gasteiger partial charge in [0.25, 0.3) is 0 Å². The van der Waals surface area contributed by atoms with Crippen molar-refractivity contribution in [3.63, 3.8) is 0 Å². The zero-order chi connectivity index (χ0) is 20.0. The minimum absolute atomic E-state index is 0.814. The molecule has 0 saturated carbocycles. The van der Waals surface area contributed by atoms with Crippen LogP contribution in [0.25, 0.3) is 0 Å². The van der Waals surface area contributed by atoms with Crippen LogP contribution in [0.15, 0.2) is 0 Å². The first-order valence-corrected chi connectivity index (χ1v) is 7.49. The average Bonchev–Trinajstić information content (AvgIpc) is 2.50. The molecule has 1 heterocycles. The fourth-order valence-corrected chi connectivity index (χ4v) is 2.34. The minimum atomic E-state index is -1.60.